The van der Waals surface area contributed by atoms with Crippen LogP contribution in [0.25, 0.3) is 11.5 Å². The Morgan fingerprint density at radius 3 is 2.54 bits per heavy atom. The number of fused-ring (bicyclic) bond motifs is 4. The molecule has 2 aliphatic rings. The Morgan fingerprint density at radius 2 is 1.83 bits per heavy atom. The molecule has 3 aromatic rings. The lowest BCUT2D eigenvalue weighted by Crippen LogP contribution is -2.56. The van der Waals surface area contributed by atoms with Gasteiger partial charge in [0.05, 0.1) is 30.4 Å². The van der Waals surface area contributed by atoms with Crippen LogP contribution in [-0.2, 0) is 23.6 Å². The molecule has 1 fully saturated rings. The number of alkyl halides is 6. The minimum absolute atomic E-state index is 0.00834. The third-order valence-electron chi connectivity index (χ3n) is 6.21. The molecule has 0 radical (unpaired) electrons. The van der Waals surface area contributed by atoms with Gasteiger partial charge < -0.3 is 14.2 Å². The molecule has 0 unspecified atom stereocenters. The number of amides is 1. The van der Waals surface area contributed by atoms with Crippen molar-refractivity contribution in [2.45, 2.75) is 37.9 Å². The molecule has 184 valence electrons. The highest BCUT2D eigenvalue weighted by molar-refractivity contribution is 5.96. The largest absolute Gasteiger partial charge is 0.416 e. The molecule has 1 aromatic carbocycles. The van der Waals surface area contributed by atoms with Gasteiger partial charge in [0.1, 0.15) is 11.7 Å². The summed E-state index contributed by atoms with van der Waals surface area (Å²) in [7, 11) is 0. The minimum Gasteiger partial charge on any atom is -0.377 e. The van der Waals surface area contributed by atoms with Gasteiger partial charge in [0, 0.05) is 18.3 Å². The first-order chi connectivity index (χ1) is 16.5. The average Bonchev–Trinajstić information content (AvgIpc) is 3.20. The number of aromatic nitrogens is 4. The van der Waals surface area contributed by atoms with E-state index in [0.29, 0.717) is 0 Å². The number of carbonyl (C=O) groups is 1. The summed E-state index contributed by atoms with van der Waals surface area (Å²) in [5, 5.41) is 8.11. The van der Waals surface area contributed by atoms with Crippen molar-refractivity contribution in [2.75, 3.05) is 13.2 Å². The molecular weight excluding hydrogens is 480 g/mol. The molecule has 4 heterocycles. The van der Waals surface area contributed by atoms with Gasteiger partial charge in [0.25, 0.3) is 5.91 Å². The van der Waals surface area contributed by atoms with E-state index < -0.39 is 41.5 Å². The summed E-state index contributed by atoms with van der Waals surface area (Å²) in [5.41, 5.74) is -2.11. The standard InChI is InChI=1S/C22H17F6N5O2/c1-11-14(3-2-4-15(11)22(26,27)28)20(34)33-13-8-32-18(30-31-19(32)17(33)10-35-9-13)16-7-12(5-6-29-16)21(23,24)25/h2-7,13,17H,8-10H2,1H3/t13-,17-/m1/s1. The second kappa shape index (κ2) is 8.04. The molecular formula is C22H17F6N5O2. The molecule has 1 amide bonds. The monoisotopic (exact) mass is 497 g/mol. The highest BCUT2D eigenvalue weighted by Gasteiger charge is 2.45. The third kappa shape index (κ3) is 3.93. The topological polar surface area (TPSA) is 73.1 Å². The van der Waals surface area contributed by atoms with E-state index in [1.807, 2.05) is 0 Å². The van der Waals surface area contributed by atoms with Crippen LogP contribution in [0.2, 0.25) is 0 Å². The van der Waals surface area contributed by atoms with Crippen molar-refractivity contribution < 1.29 is 35.9 Å². The molecule has 2 bridgehead atoms. The van der Waals surface area contributed by atoms with Crippen LogP contribution in [0.5, 0.6) is 0 Å². The Hall–Kier alpha value is -3.48. The number of rotatable bonds is 2. The first kappa shape index (κ1) is 23.3. The number of pyridine rings is 1. The lowest BCUT2D eigenvalue weighted by atomic mass is 9.97. The molecule has 1 saturated heterocycles. The van der Waals surface area contributed by atoms with Crippen molar-refractivity contribution in [3.05, 3.63) is 64.6 Å². The van der Waals surface area contributed by atoms with Gasteiger partial charge in [-0.15, -0.1) is 10.2 Å². The van der Waals surface area contributed by atoms with Gasteiger partial charge in [-0.1, -0.05) is 6.07 Å². The van der Waals surface area contributed by atoms with Gasteiger partial charge in [-0.05, 0) is 36.8 Å². The van der Waals surface area contributed by atoms with Gasteiger partial charge in [0.2, 0.25) is 0 Å². The Morgan fingerprint density at radius 1 is 1.06 bits per heavy atom. The van der Waals surface area contributed by atoms with Gasteiger partial charge in [-0.25, -0.2) is 0 Å². The second-order valence-corrected chi connectivity index (χ2v) is 8.32. The number of benzene rings is 1. The van der Waals surface area contributed by atoms with E-state index in [-0.39, 0.29) is 48.2 Å². The summed E-state index contributed by atoms with van der Waals surface area (Å²) in [6.45, 7) is 1.42. The lowest BCUT2D eigenvalue weighted by molar-refractivity contribution is -0.138. The zero-order valence-corrected chi connectivity index (χ0v) is 18.1. The maximum Gasteiger partial charge on any atom is 0.416 e. The predicted molar refractivity (Wildman–Crippen MR) is 108 cm³/mol. The highest BCUT2D eigenvalue weighted by Crippen LogP contribution is 2.38. The van der Waals surface area contributed by atoms with Crippen molar-refractivity contribution in [2.24, 2.45) is 0 Å². The number of ether oxygens (including phenoxy) is 1. The van der Waals surface area contributed by atoms with Crippen LogP contribution >= 0.6 is 0 Å². The third-order valence-corrected chi connectivity index (χ3v) is 6.21. The maximum atomic E-state index is 13.5. The molecule has 0 aliphatic carbocycles. The number of morpholine rings is 1. The zero-order chi connectivity index (χ0) is 25.1. The number of halogens is 6. The number of hydrogen-bond acceptors (Lipinski definition) is 5. The summed E-state index contributed by atoms with van der Waals surface area (Å²) >= 11 is 0. The number of carbonyl (C=O) groups excluding carboxylic acids is 1. The Labute approximate surface area is 194 Å². The quantitative estimate of drug-likeness (QED) is 0.495. The smallest absolute Gasteiger partial charge is 0.377 e. The van der Waals surface area contributed by atoms with Crippen LogP contribution < -0.4 is 0 Å². The van der Waals surface area contributed by atoms with Crippen molar-refractivity contribution >= 4 is 5.91 Å². The van der Waals surface area contributed by atoms with E-state index in [1.54, 1.807) is 4.57 Å². The highest BCUT2D eigenvalue weighted by atomic mass is 19.4. The first-order valence-corrected chi connectivity index (χ1v) is 10.5. The van der Waals surface area contributed by atoms with Crippen LogP contribution in [-0.4, -0.2) is 49.8 Å². The Kier molecular flexibility index (Phi) is 5.34. The summed E-state index contributed by atoms with van der Waals surface area (Å²) in [4.78, 5) is 18.9. The van der Waals surface area contributed by atoms with E-state index >= 15 is 0 Å². The maximum absolute atomic E-state index is 13.5. The molecule has 0 spiro atoms. The fraction of sp³-hybridized carbons (Fsp3) is 0.364. The Balaban J connectivity index is 1.53. The van der Waals surface area contributed by atoms with Crippen LogP contribution in [0.1, 0.15) is 38.9 Å². The fourth-order valence-corrected chi connectivity index (χ4v) is 4.56. The van der Waals surface area contributed by atoms with Crippen LogP contribution in [0.3, 0.4) is 0 Å². The van der Waals surface area contributed by atoms with Crippen LogP contribution in [0.15, 0.2) is 36.5 Å². The summed E-state index contributed by atoms with van der Waals surface area (Å²) in [6, 6.07) is 3.76. The SMILES string of the molecule is Cc1c(C(=O)N2[C@H]3COC[C@@H]2c2nnc(-c4cc(C(F)(F)F)ccn4)n2C3)cccc1C(F)(F)F. The van der Waals surface area contributed by atoms with Gasteiger partial charge in [-0.2, -0.15) is 26.3 Å². The molecule has 13 heteroatoms. The number of hydrogen-bond donors (Lipinski definition) is 0. The van der Waals surface area contributed by atoms with Crippen molar-refractivity contribution in [3.8, 4) is 11.5 Å². The van der Waals surface area contributed by atoms with Crippen molar-refractivity contribution in [3.63, 3.8) is 0 Å². The van der Waals surface area contributed by atoms with Gasteiger partial charge in [0.15, 0.2) is 11.6 Å². The second-order valence-electron chi connectivity index (χ2n) is 8.32. The fourth-order valence-electron chi connectivity index (χ4n) is 4.56. The Bertz CT molecular complexity index is 1300. The van der Waals surface area contributed by atoms with Gasteiger partial charge in [-0.3, -0.25) is 9.78 Å². The van der Waals surface area contributed by atoms with Crippen molar-refractivity contribution in [1.29, 1.82) is 0 Å². The van der Waals surface area contributed by atoms with Crippen LogP contribution in [0.4, 0.5) is 26.3 Å². The molecule has 0 N–H and O–H groups in total. The number of nitrogens with zero attached hydrogens (tertiary/aromatic N) is 5. The van der Waals surface area contributed by atoms with E-state index in [2.05, 4.69) is 15.2 Å². The van der Waals surface area contributed by atoms with Crippen molar-refractivity contribution in [1.82, 2.24) is 24.6 Å². The van der Waals surface area contributed by atoms with Gasteiger partial charge >= 0.3 is 12.4 Å². The normalized spacial score (nSPS) is 20.0. The first-order valence-electron chi connectivity index (χ1n) is 10.5. The average molecular weight is 497 g/mol. The molecule has 2 atom stereocenters. The molecule has 5 rings (SSSR count). The summed E-state index contributed by atoms with van der Waals surface area (Å²) < 4.78 is 86.8. The lowest BCUT2D eigenvalue weighted by Gasteiger charge is -2.45. The van der Waals surface area contributed by atoms with E-state index in [4.69, 9.17) is 4.74 Å². The van der Waals surface area contributed by atoms with E-state index in [0.717, 1.165) is 24.4 Å². The molecule has 0 saturated carbocycles. The zero-order valence-electron chi connectivity index (χ0n) is 18.1. The molecule has 7 nitrogen and oxygen atoms in total. The summed E-state index contributed by atoms with van der Waals surface area (Å²) in [6.07, 6.45) is -8.16. The minimum atomic E-state index is -4.62. The molecule has 35 heavy (non-hydrogen) atoms. The van der Waals surface area contributed by atoms with E-state index in [9.17, 15) is 31.1 Å². The summed E-state index contributed by atoms with van der Waals surface area (Å²) in [5.74, 6) is -0.251. The molecule has 2 aromatic heterocycles. The molecule has 2 aliphatic heterocycles. The van der Waals surface area contributed by atoms with E-state index in [1.165, 1.54) is 24.0 Å². The predicted octanol–water partition coefficient (Wildman–Crippen LogP) is 4.28. The van der Waals surface area contributed by atoms with Crippen LogP contribution in [0, 0.1) is 6.92 Å².